The molecule has 1 heterocycles. The molecule has 0 aliphatic rings. The number of aryl methyl sites for hydroxylation is 1. The molecule has 0 unspecified atom stereocenters. The Hall–Kier alpha value is -1.36. The van der Waals surface area contributed by atoms with Crippen molar-refractivity contribution in [3.8, 4) is 0 Å². The molecular weight excluding hydrogens is 200 g/mol. The number of aromatic nitrogens is 1. The van der Waals surface area contributed by atoms with Crippen LogP contribution in [-0.4, -0.2) is 28.5 Å². The Labute approximate surface area is 86.1 Å². The van der Waals surface area contributed by atoms with Gasteiger partial charge in [-0.3, -0.25) is 4.98 Å². The van der Waals surface area contributed by atoms with Gasteiger partial charge < -0.3 is 5.11 Å². The monoisotopic (exact) mass is 210 g/mol. The zero-order valence-electron chi connectivity index (χ0n) is 7.89. The Balaban J connectivity index is 3.08. The second-order valence-electron chi connectivity index (χ2n) is 2.55. The predicted octanol–water partition coefficient (Wildman–Crippen LogP) is 1.90. The summed E-state index contributed by atoms with van der Waals surface area (Å²) in [5, 5.41) is 8.44. The average Bonchev–Trinajstić information content (AvgIpc) is 2.14. The van der Waals surface area contributed by atoms with Gasteiger partial charge in [-0.15, -0.1) is 11.8 Å². The Morgan fingerprint density at radius 2 is 2.43 bits per heavy atom. The first-order chi connectivity index (χ1) is 6.65. The summed E-state index contributed by atoms with van der Waals surface area (Å²) in [5.41, 5.74) is 1.50. The summed E-state index contributed by atoms with van der Waals surface area (Å²) in [6.45, 7) is 1.87. The van der Waals surface area contributed by atoms with Gasteiger partial charge in [0.2, 0.25) is 0 Å². The predicted molar refractivity (Wildman–Crippen MR) is 56.5 cm³/mol. The molecule has 0 atom stereocenters. The summed E-state index contributed by atoms with van der Waals surface area (Å²) < 4.78 is 0. The van der Waals surface area contributed by atoms with Gasteiger partial charge in [-0.25, -0.2) is 9.79 Å². The van der Waals surface area contributed by atoms with Crippen LogP contribution in [0.25, 0.3) is 0 Å². The fourth-order valence-electron chi connectivity index (χ4n) is 1.02. The smallest absolute Gasteiger partial charge is 0.346 e. The molecule has 0 aliphatic heterocycles. The maximum Gasteiger partial charge on any atom is 0.346 e. The zero-order valence-corrected chi connectivity index (χ0v) is 8.71. The number of aliphatic carboxylic acids is 1. The molecule has 0 bridgehead atoms. The van der Waals surface area contributed by atoms with Crippen LogP contribution in [0.3, 0.4) is 0 Å². The van der Waals surface area contributed by atoms with Crippen LogP contribution in [-0.2, 0) is 4.79 Å². The quantitative estimate of drug-likeness (QED) is 0.611. The highest BCUT2D eigenvalue weighted by atomic mass is 32.2. The molecule has 1 N–H and O–H groups in total. The fourth-order valence-corrected chi connectivity index (χ4v) is 1.70. The van der Waals surface area contributed by atoms with E-state index in [9.17, 15) is 4.79 Å². The highest BCUT2D eigenvalue weighted by Crippen LogP contribution is 2.29. The number of carbonyl (C=O) groups is 1. The number of carboxylic acids is 1. The Morgan fingerprint density at radius 1 is 1.71 bits per heavy atom. The lowest BCUT2D eigenvalue weighted by atomic mass is 10.3. The van der Waals surface area contributed by atoms with Crippen LogP contribution in [0.2, 0.25) is 0 Å². The molecule has 1 rings (SSSR count). The zero-order chi connectivity index (χ0) is 10.6. The number of thioether (sulfide) groups is 1. The molecule has 74 valence electrons. The van der Waals surface area contributed by atoms with Crippen molar-refractivity contribution in [3.63, 3.8) is 0 Å². The van der Waals surface area contributed by atoms with Crippen LogP contribution in [0.15, 0.2) is 22.2 Å². The summed E-state index contributed by atoms with van der Waals surface area (Å²) in [5.74, 6) is -1.05. The summed E-state index contributed by atoms with van der Waals surface area (Å²) in [7, 11) is 0. The lowest BCUT2D eigenvalue weighted by Crippen LogP contribution is -1.94. The van der Waals surface area contributed by atoms with Crippen molar-refractivity contribution in [2.45, 2.75) is 11.8 Å². The molecule has 14 heavy (non-hydrogen) atoms. The standard InChI is InChI=1S/C9H10N2O2S/c1-6-9(14-2)7(3-4-10-6)11-5-8(12)13/h3-5H,1-2H3,(H,12,13)/b11-5+. The summed E-state index contributed by atoms with van der Waals surface area (Å²) in [6.07, 6.45) is 4.40. The van der Waals surface area contributed by atoms with Gasteiger partial charge in [-0.1, -0.05) is 0 Å². The molecule has 5 heteroatoms. The van der Waals surface area contributed by atoms with Gasteiger partial charge in [0.25, 0.3) is 0 Å². The molecule has 0 saturated carbocycles. The van der Waals surface area contributed by atoms with E-state index in [2.05, 4.69) is 9.98 Å². The van der Waals surface area contributed by atoms with E-state index < -0.39 is 5.97 Å². The molecule has 0 amide bonds. The van der Waals surface area contributed by atoms with Gasteiger partial charge in [0.05, 0.1) is 16.3 Å². The first kappa shape index (κ1) is 10.7. The van der Waals surface area contributed by atoms with Gasteiger partial charge in [-0.2, -0.15) is 0 Å². The van der Waals surface area contributed by atoms with Crippen LogP contribution in [0.5, 0.6) is 0 Å². The minimum Gasteiger partial charge on any atom is -0.477 e. The van der Waals surface area contributed by atoms with Crippen molar-refractivity contribution in [3.05, 3.63) is 18.0 Å². The van der Waals surface area contributed by atoms with Crippen LogP contribution in [0.1, 0.15) is 5.69 Å². The lowest BCUT2D eigenvalue weighted by Gasteiger charge is -2.03. The van der Waals surface area contributed by atoms with Gasteiger partial charge in [-0.05, 0) is 19.2 Å². The minimum atomic E-state index is -1.05. The van der Waals surface area contributed by atoms with Crippen molar-refractivity contribution < 1.29 is 9.90 Å². The maximum absolute atomic E-state index is 10.3. The topological polar surface area (TPSA) is 62.5 Å². The minimum absolute atomic E-state index is 0.646. The number of carboxylic acid groups (broad SMARTS) is 1. The average molecular weight is 210 g/mol. The fraction of sp³-hybridized carbons (Fsp3) is 0.222. The third-order valence-corrected chi connectivity index (χ3v) is 2.49. The SMILES string of the molecule is CSc1c(/N=C/C(=O)O)ccnc1C. The molecule has 0 fully saturated rings. The molecule has 0 radical (unpaired) electrons. The number of hydrogen-bond donors (Lipinski definition) is 1. The first-order valence-electron chi connectivity index (χ1n) is 3.91. The van der Waals surface area contributed by atoms with Gasteiger partial charge >= 0.3 is 5.97 Å². The van der Waals surface area contributed by atoms with E-state index in [0.717, 1.165) is 16.8 Å². The second-order valence-corrected chi connectivity index (χ2v) is 3.36. The van der Waals surface area contributed by atoms with E-state index >= 15 is 0 Å². The van der Waals surface area contributed by atoms with Gasteiger partial charge in [0.1, 0.15) is 6.21 Å². The van der Waals surface area contributed by atoms with Gasteiger partial charge in [0, 0.05) is 6.20 Å². The molecule has 0 aromatic carbocycles. The van der Waals surface area contributed by atoms with Crippen molar-refractivity contribution in [2.24, 2.45) is 4.99 Å². The molecule has 0 aliphatic carbocycles. The Morgan fingerprint density at radius 3 is 3.00 bits per heavy atom. The molecule has 0 saturated heterocycles. The van der Waals surface area contributed by atoms with Crippen LogP contribution in [0, 0.1) is 6.92 Å². The van der Waals surface area contributed by atoms with Crippen molar-refractivity contribution in [1.29, 1.82) is 0 Å². The molecule has 0 spiro atoms. The third kappa shape index (κ3) is 2.56. The molecular formula is C9H10N2O2S. The number of aliphatic imine (C=N–C) groups is 1. The van der Waals surface area contributed by atoms with Crippen LogP contribution in [0.4, 0.5) is 5.69 Å². The maximum atomic E-state index is 10.3. The van der Waals surface area contributed by atoms with E-state index in [-0.39, 0.29) is 0 Å². The van der Waals surface area contributed by atoms with Crippen molar-refractivity contribution >= 4 is 29.6 Å². The highest BCUT2D eigenvalue weighted by Gasteiger charge is 2.03. The third-order valence-electron chi connectivity index (χ3n) is 1.58. The summed E-state index contributed by atoms with van der Waals surface area (Å²) >= 11 is 1.50. The number of pyridine rings is 1. The number of rotatable bonds is 3. The Kier molecular flexibility index (Phi) is 3.64. The number of nitrogens with zero attached hydrogens (tertiary/aromatic N) is 2. The highest BCUT2D eigenvalue weighted by molar-refractivity contribution is 7.98. The van der Waals surface area contributed by atoms with E-state index in [1.807, 2.05) is 13.2 Å². The first-order valence-corrected chi connectivity index (χ1v) is 5.14. The van der Waals surface area contributed by atoms with E-state index in [0.29, 0.717) is 5.69 Å². The number of hydrogen-bond acceptors (Lipinski definition) is 4. The second kappa shape index (κ2) is 4.76. The molecule has 1 aromatic rings. The van der Waals surface area contributed by atoms with Crippen LogP contribution < -0.4 is 0 Å². The van der Waals surface area contributed by atoms with Gasteiger partial charge in [0.15, 0.2) is 0 Å². The van der Waals surface area contributed by atoms with E-state index in [1.54, 1.807) is 12.3 Å². The Bertz CT molecular complexity index is 377. The molecule has 4 nitrogen and oxygen atoms in total. The summed E-state index contributed by atoms with van der Waals surface area (Å²) in [6, 6.07) is 1.69. The van der Waals surface area contributed by atoms with Crippen molar-refractivity contribution in [1.82, 2.24) is 4.98 Å². The molecule has 1 aromatic heterocycles. The van der Waals surface area contributed by atoms with Crippen LogP contribution >= 0.6 is 11.8 Å². The lowest BCUT2D eigenvalue weighted by molar-refractivity contribution is -0.128. The van der Waals surface area contributed by atoms with E-state index in [1.165, 1.54) is 11.8 Å². The largest absolute Gasteiger partial charge is 0.477 e. The van der Waals surface area contributed by atoms with Crippen molar-refractivity contribution in [2.75, 3.05) is 6.26 Å². The normalized spacial score (nSPS) is 10.7. The van der Waals surface area contributed by atoms with E-state index in [4.69, 9.17) is 5.11 Å². The summed E-state index contributed by atoms with van der Waals surface area (Å²) in [4.78, 5) is 19.1.